The molecule has 1 aromatic heterocycles. The SMILES string of the molecule is CCCNC(=O)CN1C(=O)CS[C@@H](c2cccc(F)c2)c2c(C(C)(C)C)nn(-c3ccc(OC)cc3)c21. The second kappa shape index (κ2) is 11.0. The highest BCUT2D eigenvalue weighted by atomic mass is 32.2. The van der Waals surface area contributed by atoms with Gasteiger partial charge < -0.3 is 10.1 Å². The maximum atomic E-state index is 14.3. The molecule has 1 aliphatic rings. The summed E-state index contributed by atoms with van der Waals surface area (Å²) in [6.07, 6.45) is 0.792. The zero-order valence-electron chi connectivity index (χ0n) is 21.9. The van der Waals surface area contributed by atoms with Crippen LogP contribution in [0.2, 0.25) is 0 Å². The molecule has 2 amide bonds. The number of halogens is 1. The molecule has 0 saturated carbocycles. The minimum atomic E-state index is -0.391. The number of benzene rings is 2. The molecule has 7 nitrogen and oxygen atoms in total. The fraction of sp³-hybridized carbons (Fsp3) is 0.393. The van der Waals surface area contributed by atoms with E-state index >= 15 is 0 Å². The minimum Gasteiger partial charge on any atom is -0.497 e. The largest absolute Gasteiger partial charge is 0.497 e. The van der Waals surface area contributed by atoms with Crippen molar-refractivity contribution in [3.8, 4) is 11.4 Å². The Morgan fingerprint density at radius 2 is 1.95 bits per heavy atom. The number of ether oxygens (including phenoxy) is 1. The van der Waals surface area contributed by atoms with E-state index in [1.165, 1.54) is 28.8 Å². The van der Waals surface area contributed by atoms with Crippen LogP contribution in [0.25, 0.3) is 5.69 Å². The number of anilines is 1. The number of nitrogens with one attached hydrogen (secondary N) is 1. The maximum absolute atomic E-state index is 14.3. The highest BCUT2D eigenvalue weighted by Gasteiger charge is 2.40. The number of thioether (sulfide) groups is 1. The quantitative estimate of drug-likeness (QED) is 0.470. The Balaban J connectivity index is 1.98. The van der Waals surface area contributed by atoms with Crippen LogP contribution in [0.3, 0.4) is 0 Å². The van der Waals surface area contributed by atoms with Crippen LogP contribution in [-0.2, 0) is 15.0 Å². The summed E-state index contributed by atoms with van der Waals surface area (Å²) in [5.41, 5.74) is 2.68. The minimum absolute atomic E-state index is 0.131. The van der Waals surface area contributed by atoms with Gasteiger partial charge in [0.1, 0.15) is 23.9 Å². The highest BCUT2D eigenvalue weighted by Crippen LogP contribution is 2.48. The molecule has 0 aliphatic carbocycles. The van der Waals surface area contributed by atoms with Gasteiger partial charge in [0.25, 0.3) is 0 Å². The van der Waals surface area contributed by atoms with Crippen LogP contribution in [0.15, 0.2) is 48.5 Å². The molecule has 0 unspecified atom stereocenters. The Kier molecular flexibility index (Phi) is 7.92. The van der Waals surface area contributed by atoms with Gasteiger partial charge >= 0.3 is 0 Å². The van der Waals surface area contributed by atoms with Crippen molar-refractivity contribution in [1.29, 1.82) is 0 Å². The van der Waals surface area contributed by atoms with Crippen LogP contribution >= 0.6 is 11.8 Å². The average molecular weight is 525 g/mol. The lowest BCUT2D eigenvalue weighted by Crippen LogP contribution is -2.42. The van der Waals surface area contributed by atoms with Gasteiger partial charge in [-0.25, -0.2) is 9.07 Å². The third kappa shape index (κ3) is 5.66. The zero-order valence-corrected chi connectivity index (χ0v) is 22.7. The van der Waals surface area contributed by atoms with E-state index in [2.05, 4.69) is 26.1 Å². The molecular weight excluding hydrogens is 491 g/mol. The maximum Gasteiger partial charge on any atom is 0.240 e. The van der Waals surface area contributed by atoms with E-state index in [9.17, 15) is 14.0 Å². The normalized spacial score (nSPS) is 15.8. The Hall–Kier alpha value is -3.33. The number of fused-ring (bicyclic) bond motifs is 1. The number of hydrogen-bond acceptors (Lipinski definition) is 5. The van der Waals surface area contributed by atoms with Crippen LogP contribution in [0.4, 0.5) is 10.2 Å². The molecule has 2 heterocycles. The van der Waals surface area contributed by atoms with E-state index < -0.39 is 5.41 Å². The van der Waals surface area contributed by atoms with Crippen molar-refractivity contribution in [1.82, 2.24) is 15.1 Å². The van der Waals surface area contributed by atoms with Crippen molar-refractivity contribution >= 4 is 29.4 Å². The summed E-state index contributed by atoms with van der Waals surface area (Å²) in [6, 6.07) is 13.9. The number of nitrogens with zero attached hydrogens (tertiary/aromatic N) is 3. The molecular formula is C28H33FN4O3S. The second-order valence-corrected chi connectivity index (χ2v) is 11.1. The molecule has 0 radical (unpaired) electrons. The number of amides is 2. The number of rotatable bonds is 7. The molecule has 0 bridgehead atoms. The molecule has 1 atom stereocenters. The lowest BCUT2D eigenvalue weighted by Gasteiger charge is -2.24. The molecule has 4 rings (SSSR count). The zero-order chi connectivity index (χ0) is 26.7. The lowest BCUT2D eigenvalue weighted by atomic mass is 9.87. The van der Waals surface area contributed by atoms with Gasteiger partial charge in [-0.2, -0.15) is 5.10 Å². The van der Waals surface area contributed by atoms with Crippen LogP contribution in [0.5, 0.6) is 5.75 Å². The second-order valence-electron chi connectivity index (χ2n) is 10.0. The summed E-state index contributed by atoms with van der Waals surface area (Å²) in [5, 5.41) is 7.56. The fourth-order valence-electron chi connectivity index (χ4n) is 4.37. The molecule has 1 N–H and O–H groups in total. The van der Waals surface area contributed by atoms with Crippen molar-refractivity contribution in [2.24, 2.45) is 0 Å². The Morgan fingerprint density at radius 1 is 1.22 bits per heavy atom. The van der Waals surface area contributed by atoms with Gasteiger partial charge in [-0.15, -0.1) is 11.8 Å². The van der Waals surface area contributed by atoms with E-state index in [1.54, 1.807) is 17.9 Å². The predicted molar refractivity (Wildman–Crippen MR) is 145 cm³/mol. The number of carbonyl (C=O) groups is 2. The van der Waals surface area contributed by atoms with Crippen molar-refractivity contribution in [2.45, 2.75) is 44.8 Å². The monoisotopic (exact) mass is 524 g/mol. The van der Waals surface area contributed by atoms with Gasteiger partial charge in [0.15, 0.2) is 0 Å². The van der Waals surface area contributed by atoms with Crippen LogP contribution in [0.1, 0.15) is 56.2 Å². The molecule has 3 aromatic rings. The van der Waals surface area contributed by atoms with Gasteiger partial charge in [-0.1, -0.05) is 39.8 Å². The fourth-order valence-corrected chi connectivity index (χ4v) is 5.56. The number of methoxy groups -OCH3 is 1. The molecule has 196 valence electrons. The van der Waals surface area contributed by atoms with Crippen LogP contribution < -0.4 is 15.0 Å². The summed E-state index contributed by atoms with van der Waals surface area (Å²) in [7, 11) is 1.60. The number of aromatic nitrogens is 2. The van der Waals surface area contributed by atoms with E-state index in [4.69, 9.17) is 9.84 Å². The molecule has 9 heteroatoms. The van der Waals surface area contributed by atoms with E-state index in [-0.39, 0.29) is 35.2 Å². The third-order valence-electron chi connectivity index (χ3n) is 6.14. The predicted octanol–water partition coefficient (Wildman–Crippen LogP) is 5.01. The molecule has 2 aromatic carbocycles. The first kappa shape index (κ1) is 26.7. The smallest absolute Gasteiger partial charge is 0.240 e. The molecule has 0 saturated heterocycles. The van der Waals surface area contributed by atoms with Gasteiger partial charge in [0.2, 0.25) is 11.8 Å². The van der Waals surface area contributed by atoms with Crippen molar-refractivity contribution < 1.29 is 18.7 Å². The van der Waals surface area contributed by atoms with Crippen molar-refractivity contribution in [2.75, 3.05) is 30.9 Å². The molecule has 37 heavy (non-hydrogen) atoms. The summed E-state index contributed by atoms with van der Waals surface area (Å²) < 4.78 is 21.4. The number of carbonyl (C=O) groups excluding carboxylic acids is 2. The topological polar surface area (TPSA) is 76.5 Å². The first-order valence-electron chi connectivity index (χ1n) is 12.4. The van der Waals surface area contributed by atoms with Crippen LogP contribution in [0, 0.1) is 5.82 Å². The Bertz CT molecular complexity index is 1280. The summed E-state index contributed by atoms with van der Waals surface area (Å²) >= 11 is 1.43. The summed E-state index contributed by atoms with van der Waals surface area (Å²) in [4.78, 5) is 28.0. The summed E-state index contributed by atoms with van der Waals surface area (Å²) in [5.74, 6) is 0.584. The Morgan fingerprint density at radius 3 is 2.57 bits per heavy atom. The number of hydrogen-bond donors (Lipinski definition) is 1. The van der Waals surface area contributed by atoms with Gasteiger partial charge in [0, 0.05) is 17.5 Å². The third-order valence-corrected chi connectivity index (χ3v) is 7.40. The highest BCUT2D eigenvalue weighted by molar-refractivity contribution is 8.00. The standard InChI is InChI=1S/C28H33FN4O3S/c1-6-14-30-22(34)16-32-23(35)17-37-25(18-8-7-9-19(29)15-18)24-26(28(2,3)4)31-33(27(24)32)20-10-12-21(36-5)13-11-20/h7-13,15,25H,6,14,16-17H2,1-5H3,(H,30,34)/t25-/m0/s1. The van der Waals surface area contributed by atoms with Crippen molar-refractivity contribution in [3.05, 3.63) is 71.2 Å². The van der Waals surface area contributed by atoms with E-state index in [1.807, 2.05) is 37.3 Å². The lowest BCUT2D eigenvalue weighted by molar-refractivity contribution is -0.122. The van der Waals surface area contributed by atoms with Gasteiger partial charge in [-0.3, -0.25) is 14.5 Å². The van der Waals surface area contributed by atoms with E-state index in [0.29, 0.717) is 18.1 Å². The summed E-state index contributed by atoms with van der Waals surface area (Å²) in [6.45, 7) is 8.56. The first-order chi connectivity index (χ1) is 17.6. The Labute approximate surface area is 221 Å². The van der Waals surface area contributed by atoms with Crippen molar-refractivity contribution in [3.63, 3.8) is 0 Å². The van der Waals surface area contributed by atoms with Gasteiger partial charge in [-0.05, 0) is 48.4 Å². The van der Waals surface area contributed by atoms with E-state index in [0.717, 1.165) is 28.9 Å². The molecule has 0 fully saturated rings. The average Bonchev–Trinajstić information content (AvgIpc) is 3.20. The van der Waals surface area contributed by atoms with Crippen LogP contribution in [-0.4, -0.2) is 47.5 Å². The van der Waals surface area contributed by atoms with Gasteiger partial charge in [0.05, 0.1) is 29.5 Å². The first-order valence-corrected chi connectivity index (χ1v) is 13.4. The molecule has 0 spiro atoms. The molecule has 1 aliphatic heterocycles.